The fourth-order valence-electron chi connectivity index (χ4n) is 3.71. The van der Waals surface area contributed by atoms with E-state index in [1.165, 1.54) is 0 Å². The SMILES string of the molecule is CC1(O)CCCN(C(=O)C(C)(C)[C@@H]2CCC[C@H](C(F)(F)F)N2)C1. The third kappa shape index (κ3) is 4.18. The number of nitrogens with zero attached hydrogens (tertiary/aromatic N) is 1. The van der Waals surface area contributed by atoms with E-state index in [2.05, 4.69) is 5.32 Å². The van der Waals surface area contributed by atoms with Crippen LogP contribution < -0.4 is 5.32 Å². The van der Waals surface area contributed by atoms with Gasteiger partial charge in [0.15, 0.2) is 0 Å². The molecule has 0 aliphatic carbocycles. The van der Waals surface area contributed by atoms with E-state index in [1.54, 1.807) is 25.7 Å². The van der Waals surface area contributed by atoms with Gasteiger partial charge in [0, 0.05) is 19.1 Å². The number of aliphatic hydroxyl groups is 1. The van der Waals surface area contributed by atoms with E-state index in [0.717, 1.165) is 0 Å². The minimum Gasteiger partial charge on any atom is -0.388 e. The molecule has 0 bridgehead atoms. The molecule has 1 amide bonds. The number of likely N-dealkylation sites (tertiary alicyclic amines) is 1. The average Bonchev–Trinajstić information content (AvgIpc) is 2.44. The Balaban J connectivity index is 2.09. The summed E-state index contributed by atoms with van der Waals surface area (Å²) < 4.78 is 38.9. The quantitative estimate of drug-likeness (QED) is 0.814. The van der Waals surface area contributed by atoms with Gasteiger partial charge in [-0.15, -0.1) is 0 Å². The first kappa shape index (κ1) is 18.5. The molecule has 7 heteroatoms. The number of halogens is 3. The zero-order chi connectivity index (χ0) is 17.5. The van der Waals surface area contributed by atoms with Gasteiger partial charge in [0.1, 0.15) is 6.04 Å². The average molecular weight is 336 g/mol. The number of nitrogens with one attached hydrogen (secondary N) is 1. The van der Waals surface area contributed by atoms with Crippen LogP contribution >= 0.6 is 0 Å². The number of hydrogen-bond donors (Lipinski definition) is 2. The lowest BCUT2D eigenvalue weighted by atomic mass is 9.77. The summed E-state index contributed by atoms with van der Waals surface area (Å²) in [6.45, 7) is 5.89. The largest absolute Gasteiger partial charge is 0.403 e. The van der Waals surface area contributed by atoms with Gasteiger partial charge in [-0.25, -0.2) is 0 Å². The lowest BCUT2D eigenvalue weighted by molar-refractivity contribution is -0.170. The Bertz CT molecular complexity index is 449. The molecule has 4 nitrogen and oxygen atoms in total. The minimum atomic E-state index is -4.29. The maximum atomic E-state index is 13.0. The Morgan fingerprint density at radius 1 is 1.22 bits per heavy atom. The van der Waals surface area contributed by atoms with E-state index in [0.29, 0.717) is 32.2 Å². The van der Waals surface area contributed by atoms with Crippen molar-refractivity contribution in [2.75, 3.05) is 13.1 Å². The number of hydrogen-bond acceptors (Lipinski definition) is 3. The number of rotatable bonds is 2. The molecule has 0 aromatic rings. The van der Waals surface area contributed by atoms with E-state index < -0.39 is 29.3 Å². The second kappa shape index (κ2) is 6.24. The molecule has 0 aromatic carbocycles. The first-order chi connectivity index (χ1) is 10.4. The van der Waals surface area contributed by atoms with Crippen LogP contribution in [0.1, 0.15) is 52.9 Å². The van der Waals surface area contributed by atoms with Crippen molar-refractivity contribution >= 4 is 5.91 Å². The number of carbonyl (C=O) groups is 1. The number of carbonyl (C=O) groups excluding carboxylic acids is 1. The predicted molar refractivity (Wildman–Crippen MR) is 80.8 cm³/mol. The predicted octanol–water partition coefficient (Wildman–Crippen LogP) is 2.46. The molecule has 2 rings (SSSR count). The van der Waals surface area contributed by atoms with Crippen LogP contribution in [0.5, 0.6) is 0 Å². The maximum absolute atomic E-state index is 13.0. The highest BCUT2D eigenvalue weighted by Crippen LogP contribution is 2.36. The van der Waals surface area contributed by atoms with Crippen molar-refractivity contribution in [3.63, 3.8) is 0 Å². The number of alkyl halides is 3. The molecular weight excluding hydrogens is 309 g/mol. The van der Waals surface area contributed by atoms with Crippen LogP contribution in [-0.4, -0.2) is 52.9 Å². The van der Waals surface area contributed by atoms with Crippen molar-refractivity contribution in [3.05, 3.63) is 0 Å². The van der Waals surface area contributed by atoms with Crippen LogP contribution in [0.4, 0.5) is 13.2 Å². The van der Waals surface area contributed by atoms with E-state index in [4.69, 9.17) is 0 Å². The normalized spacial score (nSPS) is 33.6. The van der Waals surface area contributed by atoms with Crippen LogP contribution in [0.2, 0.25) is 0 Å². The van der Waals surface area contributed by atoms with Gasteiger partial charge in [-0.2, -0.15) is 13.2 Å². The van der Waals surface area contributed by atoms with Crippen LogP contribution in [0.15, 0.2) is 0 Å². The first-order valence-electron chi connectivity index (χ1n) is 8.28. The van der Waals surface area contributed by atoms with E-state index in [1.807, 2.05) is 0 Å². The molecule has 2 aliphatic rings. The standard InChI is InChI=1S/C16H27F3N2O2/c1-14(2,11-6-4-7-12(20-11)16(17,18)19)13(22)21-9-5-8-15(3,23)10-21/h11-12,20,23H,4-10H2,1-3H3/t11-,12+,15?/m0/s1. The molecule has 134 valence electrons. The topological polar surface area (TPSA) is 52.6 Å². The summed E-state index contributed by atoms with van der Waals surface area (Å²) in [6, 6.07) is -2.06. The van der Waals surface area contributed by atoms with E-state index in [9.17, 15) is 23.1 Å². The van der Waals surface area contributed by atoms with Crippen molar-refractivity contribution in [2.45, 2.75) is 76.7 Å². The summed E-state index contributed by atoms with van der Waals surface area (Å²) in [6.07, 6.45) is -1.88. The van der Waals surface area contributed by atoms with Crippen LogP contribution in [0, 0.1) is 5.41 Å². The molecule has 2 N–H and O–H groups in total. The van der Waals surface area contributed by atoms with Gasteiger partial charge in [0.05, 0.1) is 11.0 Å². The van der Waals surface area contributed by atoms with Crippen molar-refractivity contribution < 1.29 is 23.1 Å². The zero-order valence-corrected chi connectivity index (χ0v) is 14.0. The van der Waals surface area contributed by atoms with Gasteiger partial charge < -0.3 is 15.3 Å². The Morgan fingerprint density at radius 2 is 1.83 bits per heavy atom. The van der Waals surface area contributed by atoms with E-state index >= 15 is 0 Å². The van der Waals surface area contributed by atoms with Crippen LogP contribution in [0.3, 0.4) is 0 Å². The zero-order valence-electron chi connectivity index (χ0n) is 14.0. The van der Waals surface area contributed by atoms with Crippen molar-refractivity contribution in [2.24, 2.45) is 5.41 Å². The molecule has 2 saturated heterocycles. The van der Waals surface area contributed by atoms with E-state index in [-0.39, 0.29) is 18.9 Å². The summed E-state index contributed by atoms with van der Waals surface area (Å²) in [5.41, 5.74) is -1.85. The molecule has 2 aliphatic heterocycles. The lowest BCUT2D eigenvalue weighted by Crippen LogP contribution is -2.61. The second-order valence-corrected chi connectivity index (χ2v) is 7.79. The Kier molecular flexibility index (Phi) is 5.02. The van der Waals surface area contributed by atoms with Crippen molar-refractivity contribution in [1.82, 2.24) is 10.2 Å². The van der Waals surface area contributed by atoms with Gasteiger partial charge in [-0.3, -0.25) is 4.79 Å². The van der Waals surface area contributed by atoms with Gasteiger partial charge in [-0.05, 0) is 52.9 Å². The highest BCUT2D eigenvalue weighted by molar-refractivity contribution is 5.83. The molecule has 2 heterocycles. The molecule has 23 heavy (non-hydrogen) atoms. The Morgan fingerprint density at radius 3 is 2.39 bits per heavy atom. The first-order valence-corrected chi connectivity index (χ1v) is 8.28. The number of piperidine rings is 2. The fraction of sp³-hybridized carbons (Fsp3) is 0.938. The molecule has 0 saturated carbocycles. The maximum Gasteiger partial charge on any atom is 0.403 e. The number of amides is 1. The third-order valence-corrected chi connectivity index (χ3v) is 5.17. The molecule has 0 radical (unpaired) electrons. The van der Waals surface area contributed by atoms with Gasteiger partial charge in [0.25, 0.3) is 0 Å². The Labute approximate surface area is 135 Å². The smallest absolute Gasteiger partial charge is 0.388 e. The monoisotopic (exact) mass is 336 g/mol. The molecule has 3 atom stereocenters. The second-order valence-electron chi connectivity index (χ2n) is 7.79. The number of β-amino-alcohol motifs (C(OH)–C–C–N with tert-alkyl or cyclic N) is 1. The summed E-state index contributed by atoms with van der Waals surface area (Å²) in [7, 11) is 0. The molecule has 0 spiro atoms. The van der Waals surface area contributed by atoms with Crippen molar-refractivity contribution in [1.29, 1.82) is 0 Å². The summed E-state index contributed by atoms with van der Waals surface area (Å²) >= 11 is 0. The molecule has 2 fully saturated rings. The molecule has 1 unspecified atom stereocenters. The molecular formula is C16H27F3N2O2. The minimum absolute atomic E-state index is 0.0582. The molecule has 0 aromatic heterocycles. The highest BCUT2D eigenvalue weighted by Gasteiger charge is 2.48. The summed E-state index contributed by atoms with van der Waals surface area (Å²) in [5, 5.41) is 12.8. The summed E-state index contributed by atoms with van der Waals surface area (Å²) in [4.78, 5) is 14.5. The highest BCUT2D eigenvalue weighted by atomic mass is 19.4. The van der Waals surface area contributed by atoms with Crippen LogP contribution in [-0.2, 0) is 4.79 Å². The van der Waals surface area contributed by atoms with Gasteiger partial charge >= 0.3 is 6.18 Å². The fourth-order valence-corrected chi connectivity index (χ4v) is 3.71. The van der Waals surface area contributed by atoms with Crippen LogP contribution in [0.25, 0.3) is 0 Å². The van der Waals surface area contributed by atoms with Crippen molar-refractivity contribution in [3.8, 4) is 0 Å². The third-order valence-electron chi connectivity index (χ3n) is 5.17. The summed E-state index contributed by atoms with van der Waals surface area (Å²) in [5.74, 6) is -0.183. The van der Waals surface area contributed by atoms with Gasteiger partial charge in [-0.1, -0.05) is 0 Å². The van der Waals surface area contributed by atoms with Gasteiger partial charge in [0.2, 0.25) is 5.91 Å². The lowest BCUT2D eigenvalue weighted by Gasteiger charge is -2.45. The Hall–Kier alpha value is -0.820.